The number of rotatable bonds is 11. The molecule has 1 atom stereocenters. The number of aromatic nitrogens is 2. The lowest BCUT2D eigenvalue weighted by molar-refractivity contribution is -0.194. The van der Waals surface area contributed by atoms with E-state index in [0.717, 1.165) is 29.5 Å². The number of benzene rings is 1. The Hall–Kier alpha value is -3.73. The molecule has 2 aromatic rings. The second-order valence-corrected chi connectivity index (χ2v) is 16.4. The predicted octanol–water partition coefficient (Wildman–Crippen LogP) is 8.34. The van der Waals surface area contributed by atoms with Crippen LogP contribution in [0.3, 0.4) is 0 Å². The summed E-state index contributed by atoms with van der Waals surface area (Å²) in [4.78, 5) is 60.3. The number of hydrogen-bond acceptors (Lipinski definition) is 10. The molecule has 1 N–H and O–H groups in total. The van der Waals surface area contributed by atoms with Gasteiger partial charge in [-0.3, -0.25) is 10.1 Å². The maximum atomic E-state index is 13.3. The van der Waals surface area contributed by atoms with Crippen molar-refractivity contribution in [1.29, 1.82) is 0 Å². The van der Waals surface area contributed by atoms with Crippen molar-refractivity contribution in [2.45, 2.75) is 139 Å². The summed E-state index contributed by atoms with van der Waals surface area (Å²) in [6.45, 7) is 24.7. The molecule has 0 aliphatic heterocycles. The van der Waals surface area contributed by atoms with Crippen LogP contribution in [0.5, 0.6) is 0 Å². The molecule has 0 aliphatic carbocycles. The molecular formula is C37H54ClN3O8. The van der Waals surface area contributed by atoms with Crippen molar-refractivity contribution >= 4 is 41.6 Å². The molecule has 1 unspecified atom stereocenters. The molecule has 0 saturated carbocycles. The van der Waals surface area contributed by atoms with Crippen LogP contribution in [0.15, 0.2) is 18.2 Å². The second kappa shape index (κ2) is 15.9. The van der Waals surface area contributed by atoms with Gasteiger partial charge in [-0.1, -0.05) is 64.4 Å². The third kappa shape index (κ3) is 12.6. The Morgan fingerprint density at radius 3 is 2.00 bits per heavy atom. The Kier molecular flexibility index (Phi) is 13.4. The SMILES string of the molecule is Cc1cccc(CCC(C)C)c1-c1nc(NC(=O)OC(C(C)(C)C)C(C)(C)OC(=O)C(=O)OC(C)(C)CC(=O)OC(C)(C)C)nc(Cl)c1C. The number of ether oxygens (including phenoxy) is 4. The van der Waals surface area contributed by atoms with E-state index in [2.05, 4.69) is 35.2 Å². The van der Waals surface area contributed by atoms with E-state index in [-0.39, 0.29) is 17.5 Å². The van der Waals surface area contributed by atoms with Gasteiger partial charge in [0, 0.05) is 16.5 Å². The zero-order chi connectivity index (χ0) is 37.7. The minimum absolute atomic E-state index is 0.0630. The van der Waals surface area contributed by atoms with Crippen LogP contribution in [-0.2, 0) is 39.8 Å². The lowest BCUT2D eigenvalue weighted by atomic mass is 9.80. The monoisotopic (exact) mass is 703 g/mol. The standard InChI is InChI=1S/C37H54ClN3O8/c1-21(2)18-19-24-17-15-16-22(3)26(24)27-23(4)28(38)40-32(39-27)41-33(45)46-31(34(5,6)7)37(13,14)49-30(44)29(43)48-36(11,12)20-25(42)47-35(8,9)10/h15-17,21,31H,18-20H2,1-14H3,(H,39,40,41,45). The Balaban J connectivity index is 2.27. The van der Waals surface area contributed by atoms with Gasteiger partial charge < -0.3 is 18.9 Å². The van der Waals surface area contributed by atoms with Crippen LogP contribution in [-0.4, -0.2) is 56.9 Å². The van der Waals surface area contributed by atoms with Crippen molar-refractivity contribution in [3.8, 4) is 11.3 Å². The molecule has 0 aliphatic rings. The topological polar surface area (TPSA) is 143 Å². The van der Waals surface area contributed by atoms with Crippen molar-refractivity contribution in [1.82, 2.24) is 9.97 Å². The van der Waals surface area contributed by atoms with Crippen LogP contribution >= 0.6 is 11.6 Å². The molecule has 0 fully saturated rings. The first-order valence-electron chi connectivity index (χ1n) is 16.5. The van der Waals surface area contributed by atoms with Crippen molar-refractivity contribution < 1.29 is 38.1 Å². The van der Waals surface area contributed by atoms with Gasteiger partial charge in [0.2, 0.25) is 5.95 Å². The van der Waals surface area contributed by atoms with Crippen molar-refractivity contribution in [3.05, 3.63) is 40.0 Å². The number of esters is 3. The number of nitrogens with one attached hydrogen (secondary N) is 1. The van der Waals surface area contributed by atoms with E-state index in [1.54, 1.807) is 41.5 Å². The summed E-state index contributed by atoms with van der Waals surface area (Å²) < 4.78 is 22.0. The summed E-state index contributed by atoms with van der Waals surface area (Å²) >= 11 is 6.55. The number of aryl methyl sites for hydroxylation is 2. The van der Waals surface area contributed by atoms with E-state index < -0.39 is 52.3 Å². The highest BCUT2D eigenvalue weighted by Gasteiger charge is 2.46. The third-order valence-corrected chi connectivity index (χ3v) is 7.78. The predicted molar refractivity (Wildman–Crippen MR) is 189 cm³/mol. The third-order valence-electron chi connectivity index (χ3n) is 7.41. The number of hydrogen-bond donors (Lipinski definition) is 1. The van der Waals surface area contributed by atoms with Gasteiger partial charge >= 0.3 is 24.0 Å². The fraction of sp³-hybridized carbons (Fsp3) is 0.622. The maximum absolute atomic E-state index is 13.3. The molecule has 0 radical (unpaired) electrons. The van der Waals surface area contributed by atoms with Gasteiger partial charge in [-0.2, -0.15) is 0 Å². The summed E-state index contributed by atoms with van der Waals surface area (Å²) in [5.74, 6) is -2.77. The summed E-state index contributed by atoms with van der Waals surface area (Å²) in [5, 5.41) is 2.76. The quantitative estimate of drug-likeness (QED) is 0.105. The Morgan fingerprint density at radius 2 is 1.45 bits per heavy atom. The number of anilines is 1. The smallest absolute Gasteiger partial charge is 0.418 e. The van der Waals surface area contributed by atoms with Gasteiger partial charge in [0.1, 0.15) is 28.1 Å². The maximum Gasteiger partial charge on any atom is 0.418 e. The lowest BCUT2D eigenvalue weighted by Gasteiger charge is -2.40. The van der Waals surface area contributed by atoms with Gasteiger partial charge in [0.05, 0.1) is 12.1 Å². The molecule has 11 nitrogen and oxygen atoms in total. The summed E-state index contributed by atoms with van der Waals surface area (Å²) in [6.07, 6.45) is -0.430. The molecule has 0 bridgehead atoms. The first-order chi connectivity index (χ1) is 22.2. The van der Waals surface area contributed by atoms with E-state index in [4.69, 9.17) is 30.5 Å². The Morgan fingerprint density at radius 1 is 0.857 bits per heavy atom. The summed E-state index contributed by atoms with van der Waals surface area (Å²) in [6, 6.07) is 6.08. The van der Waals surface area contributed by atoms with Crippen LogP contribution in [0.1, 0.15) is 113 Å². The van der Waals surface area contributed by atoms with Crippen LogP contribution in [0, 0.1) is 25.2 Å². The van der Waals surface area contributed by atoms with Gasteiger partial charge in [-0.15, -0.1) is 0 Å². The number of carbonyl (C=O) groups is 4. The minimum Gasteiger partial charge on any atom is -0.460 e. The number of halogens is 1. The van der Waals surface area contributed by atoms with Crippen LogP contribution in [0.4, 0.5) is 10.7 Å². The first-order valence-corrected chi connectivity index (χ1v) is 16.9. The second-order valence-electron chi connectivity index (χ2n) is 16.0. The van der Waals surface area contributed by atoms with Crippen molar-refractivity contribution in [3.63, 3.8) is 0 Å². The van der Waals surface area contributed by atoms with Crippen LogP contribution in [0.2, 0.25) is 5.15 Å². The van der Waals surface area contributed by atoms with E-state index in [9.17, 15) is 19.2 Å². The van der Waals surface area contributed by atoms with Crippen LogP contribution < -0.4 is 5.32 Å². The van der Waals surface area contributed by atoms with Gasteiger partial charge in [0.25, 0.3) is 0 Å². The van der Waals surface area contributed by atoms with Crippen molar-refractivity contribution in [2.24, 2.45) is 11.3 Å². The Labute approximate surface area is 296 Å². The summed E-state index contributed by atoms with van der Waals surface area (Å²) in [5.41, 5.74) is -0.0446. The van der Waals surface area contributed by atoms with Gasteiger partial charge in [-0.25, -0.2) is 24.4 Å². The fourth-order valence-electron chi connectivity index (χ4n) is 5.49. The highest BCUT2D eigenvalue weighted by atomic mass is 35.5. The molecule has 1 heterocycles. The summed E-state index contributed by atoms with van der Waals surface area (Å²) in [7, 11) is 0. The molecule has 0 saturated heterocycles. The normalized spacial score (nSPS) is 13.1. The van der Waals surface area contributed by atoms with Crippen LogP contribution in [0.25, 0.3) is 11.3 Å². The van der Waals surface area contributed by atoms with E-state index >= 15 is 0 Å². The molecule has 272 valence electrons. The molecule has 0 spiro atoms. The van der Waals surface area contributed by atoms with Gasteiger partial charge in [-0.05, 0) is 92.2 Å². The van der Waals surface area contributed by atoms with E-state index in [1.807, 2.05) is 26.0 Å². The molecule has 1 aromatic heterocycles. The zero-order valence-electron chi connectivity index (χ0n) is 31.5. The highest BCUT2D eigenvalue weighted by Crippen LogP contribution is 2.35. The molecule has 49 heavy (non-hydrogen) atoms. The van der Waals surface area contributed by atoms with E-state index in [0.29, 0.717) is 17.2 Å². The number of amides is 1. The molecule has 12 heteroatoms. The Bertz CT molecular complexity index is 1540. The molecule has 1 aromatic carbocycles. The minimum atomic E-state index is -1.51. The fourth-order valence-corrected chi connectivity index (χ4v) is 5.66. The number of carbonyl (C=O) groups excluding carboxylic acids is 4. The highest BCUT2D eigenvalue weighted by molar-refractivity contribution is 6.30. The zero-order valence-corrected chi connectivity index (χ0v) is 32.3. The largest absolute Gasteiger partial charge is 0.460 e. The van der Waals surface area contributed by atoms with E-state index in [1.165, 1.54) is 27.7 Å². The first kappa shape index (κ1) is 41.4. The van der Waals surface area contributed by atoms with Crippen molar-refractivity contribution in [2.75, 3.05) is 5.32 Å². The average Bonchev–Trinajstić information content (AvgIpc) is 2.90. The molecular weight excluding hydrogens is 650 g/mol. The lowest BCUT2D eigenvalue weighted by Crippen LogP contribution is -2.52. The number of nitrogens with zero attached hydrogens (tertiary/aromatic N) is 2. The molecule has 2 rings (SSSR count). The average molecular weight is 704 g/mol. The van der Waals surface area contributed by atoms with Gasteiger partial charge in [0.15, 0.2) is 0 Å². The molecule has 1 amide bonds.